The number of carboxylic acids is 1. The molecule has 2 aromatic heterocycles. The minimum Gasteiger partial charge on any atom is -0.477 e. The molecule has 7 nitrogen and oxygen atoms in total. The zero-order valence-electron chi connectivity index (χ0n) is 17.8. The van der Waals surface area contributed by atoms with Gasteiger partial charge in [0.2, 0.25) is 12.2 Å². The van der Waals surface area contributed by atoms with E-state index in [-0.39, 0.29) is 17.6 Å². The van der Waals surface area contributed by atoms with Gasteiger partial charge >= 0.3 is 5.97 Å². The number of thiophene rings is 1. The van der Waals surface area contributed by atoms with Gasteiger partial charge in [0.25, 0.3) is 0 Å². The van der Waals surface area contributed by atoms with Gasteiger partial charge in [-0.2, -0.15) is 0 Å². The molecule has 1 amide bonds. The Morgan fingerprint density at radius 3 is 2.78 bits per heavy atom. The van der Waals surface area contributed by atoms with Gasteiger partial charge in [0, 0.05) is 10.4 Å². The Balaban J connectivity index is 1.45. The molecule has 1 aromatic carbocycles. The fourth-order valence-electron chi connectivity index (χ4n) is 4.80. The van der Waals surface area contributed by atoms with Gasteiger partial charge in [-0.15, -0.1) is 11.3 Å². The highest BCUT2D eigenvalue weighted by Crippen LogP contribution is 2.47. The molecule has 0 aliphatic carbocycles. The van der Waals surface area contributed by atoms with E-state index in [0.29, 0.717) is 12.0 Å². The fourth-order valence-corrected chi connectivity index (χ4v) is 5.71. The summed E-state index contributed by atoms with van der Waals surface area (Å²) in [4.78, 5) is 27.0. The second kappa shape index (κ2) is 7.72. The molecular formula is C24H24N3O4S+. The molecule has 1 saturated heterocycles. The second-order valence-corrected chi connectivity index (χ2v) is 9.44. The molecule has 2 aliphatic heterocycles. The number of rotatable bonds is 6. The first-order chi connectivity index (χ1) is 15.3. The Bertz CT molecular complexity index is 1260. The molecule has 32 heavy (non-hydrogen) atoms. The minimum atomic E-state index is -1.11. The van der Waals surface area contributed by atoms with E-state index in [1.54, 1.807) is 18.3 Å². The van der Waals surface area contributed by atoms with Crippen molar-refractivity contribution in [2.75, 3.05) is 0 Å². The van der Waals surface area contributed by atoms with E-state index < -0.39 is 18.0 Å². The quantitative estimate of drug-likeness (QED) is 0.446. The molecule has 0 unspecified atom stereocenters. The largest absolute Gasteiger partial charge is 0.477 e. The third kappa shape index (κ3) is 3.36. The number of imidazole rings is 1. The molecule has 2 N–H and O–H groups in total. The minimum absolute atomic E-state index is 0.0430. The van der Waals surface area contributed by atoms with Gasteiger partial charge in [-0.3, -0.25) is 4.79 Å². The average molecular weight is 451 g/mol. The van der Waals surface area contributed by atoms with Crippen molar-refractivity contribution in [3.05, 3.63) is 71.3 Å². The van der Waals surface area contributed by atoms with Gasteiger partial charge in [0.05, 0.1) is 25.1 Å². The van der Waals surface area contributed by atoms with Gasteiger partial charge in [-0.25, -0.2) is 13.9 Å². The van der Waals surface area contributed by atoms with Crippen LogP contribution < -0.4 is 4.57 Å². The van der Waals surface area contributed by atoms with E-state index in [1.807, 2.05) is 54.6 Å². The van der Waals surface area contributed by atoms with E-state index in [2.05, 4.69) is 16.0 Å². The third-order valence-electron chi connectivity index (χ3n) is 6.27. The summed E-state index contributed by atoms with van der Waals surface area (Å²) in [6.45, 7) is 2.37. The summed E-state index contributed by atoms with van der Waals surface area (Å²) in [5, 5.41) is 21.9. The van der Waals surface area contributed by atoms with Crippen LogP contribution in [0.5, 0.6) is 0 Å². The molecule has 0 bridgehead atoms. The molecule has 164 valence electrons. The van der Waals surface area contributed by atoms with Crippen LogP contribution in [-0.4, -0.2) is 43.7 Å². The number of carbonyl (C=O) groups excluding carboxylic acids is 1. The van der Waals surface area contributed by atoms with Crippen molar-refractivity contribution in [2.24, 2.45) is 13.0 Å². The molecule has 4 heterocycles. The maximum absolute atomic E-state index is 12.5. The zero-order valence-corrected chi connectivity index (χ0v) is 18.6. The number of aryl methyl sites for hydroxylation is 1. The summed E-state index contributed by atoms with van der Waals surface area (Å²) in [7, 11) is 1.99. The molecule has 0 radical (unpaired) electrons. The first-order valence-corrected chi connectivity index (χ1v) is 11.4. The van der Waals surface area contributed by atoms with Crippen molar-refractivity contribution in [3.63, 3.8) is 0 Å². The highest BCUT2D eigenvalue weighted by atomic mass is 32.1. The number of fused-ring (bicyclic) bond motifs is 1. The molecular weight excluding hydrogens is 426 g/mol. The van der Waals surface area contributed by atoms with E-state index >= 15 is 0 Å². The van der Waals surface area contributed by atoms with E-state index in [1.165, 1.54) is 10.5 Å². The maximum Gasteiger partial charge on any atom is 0.352 e. The topological polar surface area (TPSA) is 86.7 Å². The molecule has 0 saturated carbocycles. The van der Waals surface area contributed by atoms with E-state index in [9.17, 15) is 19.8 Å². The van der Waals surface area contributed by atoms with Gasteiger partial charge in [0.1, 0.15) is 24.6 Å². The third-order valence-corrected chi connectivity index (χ3v) is 7.30. The number of aromatic nitrogens is 2. The van der Waals surface area contributed by atoms with Gasteiger partial charge < -0.3 is 15.1 Å². The summed E-state index contributed by atoms with van der Waals surface area (Å²) in [5.41, 5.74) is 3.71. The highest BCUT2D eigenvalue weighted by Gasteiger charge is 2.56. The van der Waals surface area contributed by atoms with Gasteiger partial charge in [-0.1, -0.05) is 18.2 Å². The lowest BCUT2D eigenvalue weighted by molar-refractivity contribution is -0.671. The van der Waals surface area contributed by atoms with E-state index in [0.717, 1.165) is 22.5 Å². The molecule has 5 rings (SSSR count). The van der Waals surface area contributed by atoms with Crippen LogP contribution in [0.25, 0.3) is 16.0 Å². The van der Waals surface area contributed by atoms with Crippen molar-refractivity contribution in [3.8, 4) is 10.4 Å². The number of hydrogen-bond donors (Lipinski definition) is 2. The van der Waals surface area contributed by atoms with Crippen LogP contribution in [0.3, 0.4) is 0 Å². The number of nitrogens with zero attached hydrogens (tertiary/aromatic N) is 3. The maximum atomic E-state index is 12.5. The first-order valence-electron chi connectivity index (χ1n) is 10.5. The van der Waals surface area contributed by atoms with Crippen molar-refractivity contribution in [1.29, 1.82) is 0 Å². The Kier molecular flexibility index (Phi) is 4.98. The molecule has 3 atom stereocenters. The number of aliphatic carboxylic acids is 1. The van der Waals surface area contributed by atoms with Crippen LogP contribution in [0.1, 0.15) is 24.5 Å². The summed E-state index contributed by atoms with van der Waals surface area (Å²) in [6.07, 6.45) is 5.71. The zero-order chi connectivity index (χ0) is 22.6. The van der Waals surface area contributed by atoms with Crippen molar-refractivity contribution in [2.45, 2.75) is 32.0 Å². The van der Waals surface area contributed by atoms with Gasteiger partial charge in [0.15, 0.2) is 0 Å². The molecule has 2 aliphatic rings. The predicted octanol–water partition coefficient (Wildman–Crippen LogP) is 2.50. The van der Waals surface area contributed by atoms with Crippen LogP contribution in [0.2, 0.25) is 0 Å². The lowest BCUT2D eigenvalue weighted by atomic mass is 9.82. The standard InChI is InChI=1S/C24H23N3O4S/c1-14(28)21-19-10-18(22(24(30)31)27(19)23(21)29)16-4-3-5-17(9-16)20-8-15(12-32-20)11-26-7-6-25(2)13-26/h3-9,12-14,19,21,28H,10-11H2,1-2H3/p+1/t14-,19-,21-/m1/s1. The van der Waals surface area contributed by atoms with Crippen LogP contribution in [0, 0.1) is 5.92 Å². The highest BCUT2D eigenvalue weighted by molar-refractivity contribution is 7.13. The summed E-state index contributed by atoms with van der Waals surface area (Å²) in [6, 6.07) is 9.70. The van der Waals surface area contributed by atoms with Crippen LogP contribution in [-0.2, 0) is 23.2 Å². The van der Waals surface area contributed by atoms with Crippen molar-refractivity contribution >= 4 is 28.8 Å². The normalized spacial score (nSPS) is 21.0. The number of aliphatic hydroxyl groups is 1. The smallest absolute Gasteiger partial charge is 0.352 e. The molecule has 1 fully saturated rings. The molecule has 0 spiro atoms. The van der Waals surface area contributed by atoms with Crippen LogP contribution in [0.4, 0.5) is 0 Å². The fraction of sp³-hybridized carbons (Fsp3) is 0.292. The SMILES string of the molecule is C[C@@H](O)[C@H]1C(=O)N2C(C(=O)O)=C(c3cccc(-c4cc(Cn5cc[n+](C)c5)cs4)c3)C[C@H]12. The number of carbonyl (C=O) groups is 2. The molecule has 8 heteroatoms. The Morgan fingerprint density at radius 2 is 2.09 bits per heavy atom. The molecule has 3 aromatic rings. The number of carboxylic acid groups (broad SMARTS) is 1. The summed E-state index contributed by atoms with van der Waals surface area (Å²) >= 11 is 1.66. The lowest BCUT2D eigenvalue weighted by Gasteiger charge is -2.44. The summed E-state index contributed by atoms with van der Waals surface area (Å²) in [5.74, 6) is -1.96. The number of benzene rings is 1. The second-order valence-electron chi connectivity index (χ2n) is 8.53. The Hall–Kier alpha value is -3.23. The van der Waals surface area contributed by atoms with Crippen molar-refractivity contribution in [1.82, 2.24) is 9.47 Å². The van der Waals surface area contributed by atoms with Crippen LogP contribution >= 0.6 is 11.3 Å². The number of aliphatic hydroxyl groups excluding tert-OH is 1. The van der Waals surface area contributed by atoms with Crippen molar-refractivity contribution < 1.29 is 24.4 Å². The van der Waals surface area contributed by atoms with Crippen LogP contribution in [0.15, 0.2) is 60.1 Å². The lowest BCUT2D eigenvalue weighted by Crippen LogP contribution is -2.61. The predicted molar refractivity (Wildman–Crippen MR) is 119 cm³/mol. The monoisotopic (exact) mass is 450 g/mol. The number of hydrogen-bond acceptors (Lipinski definition) is 4. The average Bonchev–Trinajstić information content (AvgIpc) is 3.45. The Labute approximate surface area is 189 Å². The Morgan fingerprint density at radius 1 is 1.31 bits per heavy atom. The summed E-state index contributed by atoms with van der Waals surface area (Å²) < 4.78 is 4.12. The van der Waals surface area contributed by atoms with E-state index in [4.69, 9.17) is 0 Å². The first kappa shape index (κ1) is 20.7. The van der Waals surface area contributed by atoms with Gasteiger partial charge in [-0.05, 0) is 47.6 Å². The number of amides is 1. The number of β-lactam (4-membered cyclic amide) rings is 1.